The largest absolute Gasteiger partial charge is 0.383 e. The zero-order chi connectivity index (χ0) is 6.91. The summed E-state index contributed by atoms with van der Waals surface area (Å²) in [7, 11) is 1.20. The summed E-state index contributed by atoms with van der Waals surface area (Å²) in [6.45, 7) is 5.65. The van der Waals surface area contributed by atoms with E-state index in [1.54, 1.807) is 0 Å². The van der Waals surface area contributed by atoms with Crippen LogP contribution in [0.5, 0.6) is 0 Å². The Balaban J connectivity index is 2.41. The Hall–Kier alpha value is 0.177. The summed E-state index contributed by atoms with van der Waals surface area (Å²) in [6, 6.07) is 0. The third kappa shape index (κ3) is 2.10. The van der Waals surface area contributed by atoms with Crippen molar-refractivity contribution < 1.29 is 4.74 Å². The molecule has 1 nitrogen and oxygen atoms in total. The van der Waals surface area contributed by atoms with Crippen molar-refractivity contribution in [2.75, 3.05) is 6.61 Å². The topological polar surface area (TPSA) is 9.23 Å². The van der Waals surface area contributed by atoms with Crippen molar-refractivity contribution in [2.24, 2.45) is 5.41 Å². The monoisotopic (exact) mass is 144 g/mol. The van der Waals surface area contributed by atoms with Crippen LogP contribution in [0.3, 0.4) is 0 Å². The Morgan fingerprint density at radius 3 is 2.56 bits per heavy atom. The second-order valence-corrected chi connectivity index (χ2v) is 5.09. The number of ether oxygens (including phenoxy) is 1. The van der Waals surface area contributed by atoms with Gasteiger partial charge in [-0.1, -0.05) is 13.8 Å². The molecule has 1 aliphatic rings. The molecule has 0 aliphatic carbocycles. The summed E-state index contributed by atoms with van der Waals surface area (Å²) in [5.41, 5.74) is 1.18. The molecule has 0 aromatic heterocycles. The lowest BCUT2D eigenvalue weighted by Gasteiger charge is -2.33. The normalized spacial score (nSPS) is 34.7. The Kier molecular flexibility index (Phi) is 1.96. The van der Waals surface area contributed by atoms with Crippen LogP contribution in [0.4, 0.5) is 0 Å². The maximum Gasteiger partial charge on any atom is 0.0470 e. The first-order valence-electron chi connectivity index (χ1n) is 3.72. The maximum absolute atomic E-state index is 5.48. The fourth-order valence-corrected chi connectivity index (χ4v) is 2.82. The average Bonchev–Trinajstić information content (AvgIpc) is 1.60. The minimum Gasteiger partial charge on any atom is -0.383 e. The fourth-order valence-electron chi connectivity index (χ4n) is 1.48. The van der Waals surface area contributed by atoms with Gasteiger partial charge in [0.15, 0.2) is 0 Å². The summed E-state index contributed by atoms with van der Waals surface area (Å²) in [5.74, 6) is 0. The molecule has 0 saturated carbocycles. The third-order valence-corrected chi connectivity index (χ3v) is 2.76. The van der Waals surface area contributed by atoms with E-state index in [9.17, 15) is 0 Å². The lowest BCUT2D eigenvalue weighted by atomic mass is 9.85. The first kappa shape index (κ1) is 7.29. The molecule has 2 heteroatoms. The standard InChI is InChI=1S/C7H16OSi/c1-7(2)3-4-8-6(9)5-7/h6H,3-5H2,1-2,9H3. The van der Waals surface area contributed by atoms with E-state index in [4.69, 9.17) is 4.74 Å². The lowest BCUT2D eigenvalue weighted by Crippen LogP contribution is -2.31. The molecule has 54 valence electrons. The summed E-state index contributed by atoms with van der Waals surface area (Å²) in [4.78, 5) is 0. The van der Waals surface area contributed by atoms with Crippen LogP contribution in [0, 0.1) is 5.41 Å². The highest BCUT2D eigenvalue weighted by molar-refractivity contribution is 6.11. The number of hydrogen-bond acceptors (Lipinski definition) is 1. The Labute approximate surface area is 60.2 Å². The lowest BCUT2D eigenvalue weighted by molar-refractivity contribution is 0.00768. The van der Waals surface area contributed by atoms with Gasteiger partial charge < -0.3 is 4.74 Å². The van der Waals surface area contributed by atoms with Crippen molar-refractivity contribution >= 4 is 10.2 Å². The first-order valence-corrected chi connectivity index (χ1v) is 4.87. The molecule has 0 amide bonds. The van der Waals surface area contributed by atoms with Gasteiger partial charge in [0.05, 0.1) is 0 Å². The van der Waals surface area contributed by atoms with Gasteiger partial charge in [0.1, 0.15) is 0 Å². The summed E-state index contributed by atoms with van der Waals surface area (Å²) in [6.07, 6.45) is 2.52. The molecule has 1 rings (SSSR count). The predicted octanol–water partition coefficient (Wildman–Crippen LogP) is 0.514. The van der Waals surface area contributed by atoms with Gasteiger partial charge in [0.2, 0.25) is 0 Å². The molecule has 1 aliphatic heterocycles. The highest BCUT2D eigenvalue weighted by atomic mass is 28.1. The van der Waals surface area contributed by atoms with Gasteiger partial charge in [-0.15, -0.1) is 0 Å². The zero-order valence-electron chi connectivity index (χ0n) is 6.61. The van der Waals surface area contributed by atoms with E-state index in [1.165, 1.54) is 23.1 Å². The average molecular weight is 144 g/mol. The van der Waals surface area contributed by atoms with Gasteiger partial charge in [-0.25, -0.2) is 0 Å². The summed E-state index contributed by atoms with van der Waals surface area (Å²) in [5, 5.41) is 0. The molecule has 9 heavy (non-hydrogen) atoms. The van der Waals surface area contributed by atoms with E-state index >= 15 is 0 Å². The van der Waals surface area contributed by atoms with E-state index in [0.29, 0.717) is 11.1 Å². The van der Waals surface area contributed by atoms with Crippen molar-refractivity contribution in [3.05, 3.63) is 0 Å². The van der Waals surface area contributed by atoms with Gasteiger partial charge in [0.25, 0.3) is 0 Å². The number of hydrogen-bond donors (Lipinski definition) is 0. The molecule has 1 heterocycles. The molecule has 0 aromatic rings. The zero-order valence-corrected chi connectivity index (χ0v) is 8.61. The number of rotatable bonds is 0. The molecular formula is C7H16OSi. The van der Waals surface area contributed by atoms with Crippen molar-refractivity contribution in [2.45, 2.75) is 32.4 Å². The third-order valence-electron chi connectivity index (χ3n) is 2.02. The molecule has 0 aromatic carbocycles. The summed E-state index contributed by atoms with van der Waals surface area (Å²) >= 11 is 0. The highest BCUT2D eigenvalue weighted by Gasteiger charge is 2.25. The first-order chi connectivity index (χ1) is 4.10. The Bertz CT molecular complexity index is 101. The minimum absolute atomic E-state index is 0.560. The van der Waals surface area contributed by atoms with Crippen molar-refractivity contribution in [3.63, 3.8) is 0 Å². The fraction of sp³-hybridized carbons (Fsp3) is 1.00. The van der Waals surface area contributed by atoms with Crippen molar-refractivity contribution in [1.29, 1.82) is 0 Å². The van der Waals surface area contributed by atoms with Crippen LogP contribution in [0.25, 0.3) is 0 Å². The van der Waals surface area contributed by atoms with E-state index in [2.05, 4.69) is 13.8 Å². The Morgan fingerprint density at radius 1 is 1.56 bits per heavy atom. The van der Waals surface area contributed by atoms with Crippen LogP contribution in [0.15, 0.2) is 0 Å². The van der Waals surface area contributed by atoms with Gasteiger partial charge >= 0.3 is 0 Å². The molecule has 1 unspecified atom stereocenters. The van der Waals surface area contributed by atoms with Crippen LogP contribution < -0.4 is 0 Å². The summed E-state index contributed by atoms with van der Waals surface area (Å²) < 4.78 is 5.48. The van der Waals surface area contributed by atoms with Crippen LogP contribution in [-0.2, 0) is 4.74 Å². The van der Waals surface area contributed by atoms with Crippen molar-refractivity contribution in [1.82, 2.24) is 0 Å². The van der Waals surface area contributed by atoms with Crippen LogP contribution in [0.1, 0.15) is 26.7 Å². The van der Waals surface area contributed by atoms with Gasteiger partial charge in [-0.3, -0.25) is 0 Å². The van der Waals surface area contributed by atoms with Crippen LogP contribution in [0.2, 0.25) is 0 Å². The van der Waals surface area contributed by atoms with Crippen LogP contribution in [-0.4, -0.2) is 22.6 Å². The maximum atomic E-state index is 5.48. The van der Waals surface area contributed by atoms with Gasteiger partial charge in [-0.2, -0.15) is 0 Å². The Morgan fingerprint density at radius 2 is 2.22 bits per heavy atom. The molecule has 1 saturated heterocycles. The molecule has 0 bridgehead atoms. The van der Waals surface area contributed by atoms with E-state index in [0.717, 1.165) is 6.61 Å². The van der Waals surface area contributed by atoms with Crippen molar-refractivity contribution in [3.8, 4) is 0 Å². The van der Waals surface area contributed by atoms with Gasteiger partial charge in [-0.05, 0) is 18.3 Å². The van der Waals surface area contributed by atoms with E-state index < -0.39 is 0 Å². The van der Waals surface area contributed by atoms with E-state index in [-0.39, 0.29) is 0 Å². The van der Waals surface area contributed by atoms with Gasteiger partial charge in [0, 0.05) is 22.6 Å². The highest BCUT2D eigenvalue weighted by Crippen LogP contribution is 2.30. The molecule has 1 fully saturated rings. The quantitative estimate of drug-likeness (QED) is 0.450. The smallest absolute Gasteiger partial charge is 0.0470 e. The molecule has 0 spiro atoms. The second-order valence-electron chi connectivity index (χ2n) is 3.80. The predicted molar refractivity (Wildman–Crippen MR) is 42.7 cm³/mol. The second kappa shape index (κ2) is 2.43. The van der Waals surface area contributed by atoms with Crippen LogP contribution >= 0.6 is 0 Å². The molecular weight excluding hydrogens is 128 g/mol. The molecule has 1 atom stereocenters. The molecule has 0 radical (unpaired) electrons. The molecule has 0 N–H and O–H groups in total. The minimum atomic E-state index is 0.560. The van der Waals surface area contributed by atoms with E-state index in [1.807, 2.05) is 0 Å². The SMILES string of the molecule is CC1(C)CCOC([SiH3])C1.